The molecule has 5 fully saturated rings. The Morgan fingerprint density at radius 2 is 1.59 bits per heavy atom. The predicted molar refractivity (Wildman–Crippen MR) is 116 cm³/mol. The monoisotopic (exact) mass is 383 g/mol. The molecule has 1 unspecified atom stereocenters. The van der Waals surface area contributed by atoms with Crippen molar-refractivity contribution in [3.63, 3.8) is 0 Å². The minimum Gasteiger partial charge on any atom is -0.365 e. The van der Waals surface area contributed by atoms with Gasteiger partial charge in [-0.2, -0.15) is 0 Å². The molecule has 1 aromatic carbocycles. The summed E-state index contributed by atoms with van der Waals surface area (Å²) in [6, 6.07) is 9.43. The summed E-state index contributed by atoms with van der Waals surface area (Å²) < 4.78 is 0. The molecule has 6 rings (SSSR count). The van der Waals surface area contributed by atoms with Crippen molar-refractivity contribution in [3.05, 3.63) is 29.8 Å². The zero-order valence-electron chi connectivity index (χ0n) is 16.8. The summed E-state index contributed by atoms with van der Waals surface area (Å²) in [6.07, 6.45) is 8.54. The van der Waals surface area contributed by atoms with Gasteiger partial charge < -0.3 is 15.1 Å². The first-order chi connectivity index (χ1) is 13.0. The van der Waals surface area contributed by atoms with Gasteiger partial charge in [-0.1, -0.05) is 17.7 Å². The van der Waals surface area contributed by atoms with Gasteiger partial charge in [-0.3, -0.25) is 0 Å². The van der Waals surface area contributed by atoms with E-state index in [-0.39, 0.29) is 0 Å². The van der Waals surface area contributed by atoms with Crippen LogP contribution in [-0.4, -0.2) is 41.2 Å². The molecular formula is C23H33N3S. The van der Waals surface area contributed by atoms with E-state index in [1.54, 1.807) is 0 Å². The van der Waals surface area contributed by atoms with Gasteiger partial charge in [-0.05, 0) is 94.5 Å². The van der Waals surface area contributed by atoms with E-state index in [2.05, 4.69) is 53.2 Å². The highest BCUT2D eigenvalue weighted by Crippen LogP contribution is 2.55. The molecule has 0 amide bonds. The van der Waals surface area contributed by atoms with Crippen LogP contribution in [0.1, 0.15) is 51.0 Å². The minimum atomic E-state index is 0.323. The van der Waals surface area contributed by atoms with Gasteiger partial charge >= 0.3 is 0 Å². The molecule has 3 nitrogen and oxygen atoms in total. The molecule has 146 valence electrons. The van der Waals surface area contributed by atoms with E-state index in [1.165, 1.54) is 49.8 Å². The second-order valence-electron chi connectivity index (χ2n) is 9.95. The maximum atomic E-state index is 5.93. The zero-order chi connectivity index (χ0) is 18.6. The molecule has 0 radical (unpaired) electrons. The van der Waals surface area contributed by atoms with E-state index in [9.17, 15) is 0 Å². The first-order valence-electron chi connectivity index (χ1n) is 10.9. The highest BCUT2D eigenvalue weighted by atomic mass is 32.1. The molecule has 1 saturated heterocycles. The summed E-state index contributed by atoms with van der Waals surface area (Å²) >= 11 is 5.93. The second kappa shape index (κ2) is 6.65. The van der Waals surface area contributed by atoms with E-state index in [4.69, 9.17) is 12.2 Å². The molecule has 0 aromatic heterocycles. The summed E-state index contributed by atoms with van der Waals surface area (Å²) in [5, 5.41) is 4.94. The Labute approximate surface area is 169 Å². The van der Waals surface area contributed by atoms with Crippen molar-refractivity contribution in [2.45, 2.75) is 64.0 Å². The Kier molecular flexibility index (Phi) is 4.38. The maximum Gasteiger partial charge on any atom is 0.169 e. The molecule has 5 aliphatic rings. The van der Waals surface area contributed by atoms with Crippen molar-refractivity contribution in [3.8, 4) is 0 Å². The van der Waals surface area contributed by atoms with E-state index in [0.717, 1.165) is 42.5 Å². The Hall–Kier alpha value is -1.29. The Balaban J connectivity index is 1.23. The quantitative estimate of drug-likeness (QED) is 0.765. The molecule has 1 atom stereocenters. The Morgan fingerprint density at radius 1 is 1.00 bits per heavy atom. The van der Waals surface area contributed by atoms with Crippen LogP contribution in [0.5, 0.6) is 0 Å². The smallest absolute Gasteiger partial charge is 0.169 e. The number of nitrogens with zero attached hydrogens (tertiary/aromatic N) is 2. The number of hydrogen-bond donors (Lipinski definition) is 1. The summed E-state index contributed by atoms with van der Waals surface area (Å²) in [5.41, 5.74) is 2.99. The van der Waals surface area contributed by atoms with Gasteiger partial charge in [0.1, 0.15) is 0 Å². The summed E-state index contributed by atoms with van der Waals surface area (Å²) in [4.78, 5) is 4.96. The number of hydrogen-bond acceptors (Lipinski definition) is 2. The van der Waals surface area contributed by atoms with Gasteiger partial charge in [0.15, 0.2) is 5.11 Å². The topological polar surface area (TPSA) is 18.5 Å². The Morgan fingerprint density at radius 3 is 2.15 bits per heavy atom. The summed E-state index contributed by atoms with van der Waals surface area (Å²) in [6.45, 7) is 7.58. The molecule has 1 N–H and O–H groups in total. The molecule has 4 aliphatic carbocycles. The average molecular weight is 384 g/mol. The zero-order valence-corrected chi connectivity index (χ0v) is 17.6. The van der Waals surface area contributed by atoms with Crippen LogP contribution in [0, 0.1) is 24.7 Å². The Bertz CT molecular complexity index is 678. The van der Waals surface area contributed by atoms with Crippen molar-refractivity contribution in [2.24, 2.45) is 17.8 Å². The normalized spacial score (nSPS) is 37.6. The predicted octanol–water partition coefficient (Wildman–Crippen LogP) is 4.35. The maximum absolute atomic E-state index is 5.93. The first kappa shape index (κ1) is 17.8. The number of benzene rings is 1. The SMILES string of the molecule is Cc1ccc(N2CCN(C(=S)NC34CC5CC(CC(C5)C3)C4)CC2C)cc1. The fourth-order valence-electron chi connectivity index (χ4n) is 6.83. The van der Waals surface area contributed by atoms with Crippen LogP contribution in [0.25, 0.3) is 0 Å². The summed E-state index contributed by atoms with van der Waals surface area (Å²) in [7, 11) is 0. The van der Waals surface area contributed by atoms with Crippen molar-refractivity contribution >= 4 is 23.0 Å². The van der Waals surface area contributed by atoms with Gasteiger partial charge in [0.05, 0.1) is 0 Å². The van der Waals surface area contributed by atoms with Crippen molar-refractivity contribution in [1.29, 1.82) is 0 Å². The molecule has 1 aromatic rings. The lowest BCUT2D eigenvalue weighted by Crippen LogP contribution is -2.64. The van der Waals surface area contributed by atoms with Gasteiger partial charge in [0.25, 0.3) is 0 Å². The van der Waals surface area contributed by atoms with E-state index >= 15 is 0 Å². The minimum absolute atomic E-state index is 0.323. The van der Waals surface area contributed by atoms with E-state index in [0.29, 0.717) is 11.6 Å². The molecule has 1 aliphatic heterocycles. The van der Waals surface area contributed by atoms with E-state index in [1.807, 2.05) is 0 Å². The largest absolute Gasteiger partial charge is 0.365 e. The number of rotatable bonds is 2. The molecule has 4 saturated carbocycles. The van der Waals surface area contributed by atoms with Crippen molar-refractivity contribution in [2.75, 3.05) is 24.5 Å². The van der Waals surface area contributed by atoms with Crippen LogP contribution in [-0.2, 0) is 0 Å². The van der Waals surface area contributed by atoms with Crippen LogP contribution in [0.4, 0.5) is 5.69 Å². The van der Waals surface area contributed by atoms with Crippen LogP contribution in [0.2, 0.25) is 0 Å². The van der Waals surface area contributed by atoms with Gasteiger partial charge in [-0.25, -0.2) is 0 Å². The van der Waals surface area contributed by atoms with E-state index < -0.39 is 0 Å². The van der Waals surface area contributed by atoms with Gasteiger partial charge in [-0.15, -0.1) is 0 Å². The number of nitrogens with one attached hydrogen (secondary N) is 1. The highest BCUT2D eigenvalue weighted by molar-refractivity contribution is 7.80. The average Bonchev–Trinajstić information content (AvgIpc) is 2.61. The lowest BCUT2D eigenvalue weighted by atomic mass is 9.53. The number of thiocarbonyl (C=S) groups is 1. The van der Waals surface area contributed by atoms with Gasteiger partial charge in [0.2, 0.25) is 0 Å². The first-order valence-corrected chi connectivity index (χ1v) is 11.3. The standard InChI is InChI=1S/C23H33N3S/c1-16-3-5-21(6-4-16)26-8-7-25(15-17(26)2)22(27)24-23-12-18-9-19(13-23)11-20(10-18)14-23/h3-6,17-20H,7-15H2,1-2H3,(H,24,27). The number of aryl methyl sites for hydroxylation is 1. The van der Waals surface area contributed by atoms with Crippen LogP contribution in [0.3, 0.4) is 0 Å². The van der Waals surface area contributed by atoms with Crippen LogP contribution < -0.4 is 10.2 Å². The van der Waals surface area contributed by atoms with Crippen LogP contribution >= 0.6 is 12.2 Å². The summed E-state index contributed by atoms with van der Waals surface area (Å²) in [5.74, 6) is 2.89. The van der Waals surface area contributed by atoms with Crippen molar-refractivity contribution < 1.29 is 0 Å². The molecule has 4 bridgehead atoms. The lowest BCUT2D eigenvalue weighted by Gasteiger charge is -2.57. The third kappa shape index (κ3) is 3.35. The third-order valence-electron chi connectivity index (χ3n) is 7.69. The highest BCUT2D eigenvalue weighted by Gasteiger charge is 2.51. The fourth-order valence-corrected chi connectivity index (χ4v) is 7.21. The van der Waals surface area contributed by atoms with Crippen LogP contribution in [0.15, 0.2) is 24.3 Å². The second-order valence-corrected chi connectivity index (χ2v) is 10.3. The molecule has 0 spiro atoms. The lowest BCUT2D eigenvalue weighted by molar-refractivity contribution is -0.0113. The molecular weight excluding hydrogens is 350 g/mol. The molecule has 27 heavy (non-hydrogen) atoms. The third-order valence-corrected chi connectivity index (χ3v) is 8.05. The number of anilines is 1. The molecule has 4 heteroatoms. The van der Waals surface area contributed by atoms with Crippen molar-refractivity contribution in [1.82, 2.24) is 10.2 Å². The fraction of sp³-hybridized carbons (Fsp3) is 0.696. The molecule has 1 heterocycles. The van der Waals surface area contributed by atoms with Gasteiger partial charge in [0, 0.05) is 36.9 Å². The number of piperazine rings is 1.